The first-order chi connectivity index (χ1) is 7.98. The Morgan fingerprint density at radius 3 is 2.33 bits per heavy atom. The molecule has 0 spiro atoms. The molecule has 0 fully saturated rings. The zero-order valence-electron chi connectivity index (χ0n) is 9.71. The maximum absolute atomic E-state index is 11.4. The maximum atomic E-state index is 11.4. The van der Waals surface area contributed by atoms with Gasteiger partial charge < -0.3 is 15.3 Å². The van der Waals surface area contributed by atoms with Gasteiger partial charge >= 0.3 is 13.9 Å². The van der Waals surface area contributed by atoms with Crippen LogP contribution in [0.2, 0.25) is 0 Å². The van der Waals surface area contributed by atoms with Crippen LogP contribution in [-0.4, -0.2) is 29.2 Å². The van der Waals surface area contributed by atoms with Crippen molar-refractivity contribution >= 4 is 13.9 Å². The van der Waals surface area contributed by atoms with Crippen molar-refractivity contribution in [1.82, 2.24) is 5.32 Å². The zero-order valence-corrected chi connectivity index (χ0v) is 13.5. The van der Waals surface area contributed by atoms with E-state index < -0.39 is 13.9 Å². The Kier molecular flexibility index (Phi) is 13.6. The number of rotatable bonds is 10. The SMILES string of the molecule is O=C(O)NCCCCCCCOP(=O)(O)OF.[W]. The largest absolute Gasteiger partial charge is 0.503 e. The van der Waals surface area contributed by atoms with Crippen LogP contribution in [0.3, 0.4) is 0 Å². The van der Waals surface area contributed by atoms with Crippen molar-refractivity contribution in [3.8, 4) is 0 Å². The van der Waals surface area contributed by atoms with Crippen molar-refractivity contribution in [2.75, 3.05) is 13.2 Å². The van der Waals surface area contributed by atoms with Crippen LogP contribution < -0.4 is 5.32 Å². The zero-order chi connectivity index (χ0) is 13.1. The molecular weight excluding hydrogens is 440 g/mol. The summed E-state index contributed by atoms with van der Waals surface area (Å²) in [5.41, 5.74) is 0. The predicted octanol–water partition coefficient (Wildman–Crippen LogP) is 2.22. The van der Waals surface area contributed by atoms with E-state index in [-0.39, 0.29) is 27.7 Å². The average Bonchev–Trinajstić information content (AvgIpc) is 2.26. The summed E-state index contributed by atoms with van der Waals surface area (Å²) in [4.78, 5) is 18.6. The number of phosphoric ester groups is 1. The summed E-state index contributed by atoms with van der Waals surface area (Å²) in [5.74, 6) is 0. The summed E-state index contributed by atoms with van der Waals surface area (Å²) in [6.45, 7) is 0.360. The number of halogens is 1. The van der Waals surface area contributed by atoms with Gasteiger partial charge in [0.2, 0.25) is 0 Å². The number of carbonyl (C=O) groups is 1. The molecule has 0 rings (SSSR count). The molecule has 0 aliphatic carbocycles. The number of carboxylic acid groups (broad SMARTS) is 1. The van der Waals surface area contributed by atoms with E-state index in [9.17, 15) is 13.9 Å². The van der Waals surface area contributed by atoms with Gasteiger partial charge in [-0.05, 0) is 17.4 Å². The minimum Gasteiger partial charge on any atom is -0.465 e. The van der Waals surface area contributed by atoms with Gasteiger partial charge in [0.05, 0.1) is 6.61 Å². The molecule has 1 amide bonds. The second kappa shape index (κ2) is 12.1. The van der Waals surface area contributed by atoms with Crippen LogP contribution in [0.5, 0.6) is 0 Å². The van der Waals surface area contributed by atoms with Crippen molar-refractivity contribution in [3.05, 3.63) is 0 Å². The van der Waals surface area contributed by atoms with Crippen LogP contribution in [0.15, 0.2) is 0 Å². The maximum Gasteiger partial charge on any atom is 0.503 e. The molecule has 0 aromatic carbocycles. The fourth-order valence-electron chi connectivity index (χ4n) is 1.15. The quantitative estimate of drug-likeness (QED) is 0.344. The van der Waals surface area contributed by atoms with E-state index in [0.29, 0.717) is 13.0 Å². The molecule has 1 unspecified atom stereocenters. The molecule has 0 bridgehead atoms. The third-order valence-corrected chi connectivity index (χ3v) is 2.62. The van der Waals surface area contributed by atoms with Gasteiger partial charge in [-0.3, -0.25) is 4.52 Å². The topological polar surface area (TPSA) is 105 Å². The van der Waals surface area contributed by atoms with Crippen molar-refractivity contribution in [1.29, 1.82) is 0 Å². The molecular formula is C8H17FNO6PW. The van der Waals surface area contributed by atoms with E-state index in [1.54, 1.807) is 0 Å². The third-order valence-electron chi connectivity index (χ3n) is 1.94. The minimum absolute atomic E-state index is 0. The molecule has 7 nitrogen and oxygen atoms in total. The van der Waals surface area contributed by atoms with Gasteiger partial charge in [-0.1, -0.05) is 24.0 Å². The Balaban J connectivity index is 0. The van der Waals surface area contributed by atoms with Crippen LogP contribution in [-0.2, 0) is 34.9 Å². The monoisotopic (exact) mass is 457 g/mol. The Hall–Kier alpha value is -0.00169. The Bertz CT molecular complexity index is 270. The molecule has 108 valence electrons. The van der Waals surface area contributed by atoms with Gasteiger partial charge in [-0.15, -0.1) is 0 Å². The van der Waals surface area contributed by atoms with E-state index in [1.807, 2.05) is 0 Å². The average molecular weight is 457 g/mol. The van der Waals surface area contributed by atoms with Gasteiger partial charge in [-0.25, -0.2) is 9.36 Å². The van der Waals surface area contributed by atoms with Gasteiger partial charge in [-0.2, -0.15) is 0 Å². The molecule has 0 aromatic rings. The first kappa shape index (κ1) is 20.3. The number of nitrogens with one attached hydrogen (secondary N) is 1. The fraction of sp³-hybridized carbons (Fsp3) is 0.875. The summed E-state index contributed by atoms with van der Waals surface area (Å²) in [5, 5.41) is 10.5. The van der Waals surface area contributed by atoms with Crippen LogP contribution in [0.1, 0.15) is 32.1 Å². The van der Waals surface area contributed by atoms with Crippen LogP contribution in [0.25, 0.3) is 0 Å². The van der Waals surface area contributed by atoms with Crippen molar-refractivity contribution in [2.24, 2.45) is 0 Å². The van der Waals surface area contributed by atoms with E-state index in [4.69, 9.17) is 10.00 Å². The minimum atomic E-state index is -4.49. The predicted molar refractivity (Wildman–Crippen MR) is 57.1 cm³/mol. The summed E-state index contributed by atoms with van der Waals surface area (Å²) < 4.78 is 28.9. The number of hydrogen-bond donors (Lipinski definition) is 3. The molecule has 0 aromatic heterocycles. The summed E-state index contributed by atoms with van der Waals surface area (Å²) in [7, 11) is -4.49. The molecule has 3 N–H and O–H groups in total. The van der Waals surface area contributed by atoms with Crippen molar-refractivity contribution in [3.63, 3.8) is 0 Å². The standard InChI is InChI=1S/C8H17FNO6P.W/c9-16-17(13,14)15-7-5-3-1-2-4-6-10-8(11)12;/h10H,1-7H2,(H,11,12)(H,13,14);. The molecule has 0 aliphatic rings. The molecule has 0 saturated heterocycles. The Morgan fingerprint density at radius 1 is 1.22 bits per heavy atom. The van der Waals surface area contributed by atoms with E-state index in [0.717, 1.165) is 25.7 Å². The van der Waals surface area contributed by atoms with Crippen LogP contribution in [0, 0.1) is 0 Å². The first-order valence-electron chi connectivity index (χ1n) is 5.22. The Morgan fingerprint density at radius 2 is 1.78 bits per heavy atom. The number of hydrogen-bond acceptors (Lipinski definition) is 4. The smallest absolute Gasteiger partial charge is 0.465 e. The van der Waals surface area contributed by atoms with Crippen LogP contribution >= 0.6 is 7.82 Å². The van der Waals surface area contributed by atoms with Crippen molar-refractivity contribution < 1.29 is 54.2 Å². The summed E-state index contributed by atoms with van der Waals surface area (Å²) in [6, 6.07) is 0. The number of amides is 1. The molecule has 0 aliphatic heterocycles. The van der Waals surface area contributed by atoms with Gasteiger partial charge in [0, 0.05) is 27.6 Å². The summed E-state index contributed by atoms with van der Waals surface area (Å²) in [6.07, 6.45) is 2.65. The van der Waals surface area contributed by atoms with Gasteiger partial charge in [0.25, 0.3) is 0 Å². The molecule has 0 saturated carbocycles. The molecule has 18 heavy (non-hydrogen) atoms. The Labute approximate surface area is 119 Å². The van der Waals surface area contributed by atoms with Gasteiger partial charge in [0.1, 0.15) is 0 Å². The summed E-state index contributed by atoms with van der Waals surface area (Å²) >= 11 is 0. The fourth-order valence-corrected chi connectivity index (χ4v) is 1.55. The number of unbranched alkanes of at least 4 members (excludes halogenated alkanes) is 4. The second-order valence-electron chi connectivity index (χ2n) is 3.37. The second-order valence-corrected chi connectivity index (χ2v) is 4.70. The molecule has 0 heterocycles. The third kappa shape index (κ3) is 14.1. The van der Waals surface area contributed by atoms with Crippen molar-refractivity contribution in [2.45, 2.75) is 32.1 Å². The van der Waals surface area contributed by atoms with E-state index >= 15 is 0 Å². The van der Waals surface area contributed by atoms with Gasteiger partial charge in [0.15, 0.2) is 0 Å². The van der Waals surface area contributed by atoms with E-state index in [1.165, 1.54) is 0 Å². The molecule has 1 atom stereocenters. The molecule has 10 heteroatoms. The van der Waals surface area contributed by atoms with E-state index in [2.05, 4.69) is 14.6 Å². The molecule has 0 radical (unpaired) electrons. The number of phosphoric acid groups is 1. The first-order valence-corrected chi connectivity index (χ1v) is 6.72. The van der Waals surface area contributed by atoms with Crippen LogP contribution in [0.4, 0.5) is 9.32 Å². The normalized spacial score (nSPS) is 13.4.